The molecule has 1 aromatic heterocycles. The highest BCUT2D eigenvalue weighted by molar-refractivity contribution is 6.30. The minimum Gasteiger partial charge on any atom is -0.364 e. The highest BCUT2D eigenvalue weighted by Crippen LogP contribution is 2.28. The Labute approximate surface area is 163 Å². The molecular weight excluding hydrogens is 358 g/mol. The van der Waals surface area contributed by atoms with Crippen LogP contribution in [0, 0.1) is 0 Å². The fraction of sp³-hybridized carbons (Fsp3) is 0.0909. The molecule has 5 heteroatoms. The molecule has 0 saturated carbocycles. The van der Waals surface area contributed by atoms with Gasteiger partial charge in [0.2, 0.25) is 0 Å². The lowest BCUT2D eigenvalue weighted by Crippen LogP contribution is -2.07. The van der Waals surface area contributed by atoms with Crippen LogP contribution in [0.15, 0.2) is 91.5 Å². The predicted molar refractivity (Wildman–Crippen MR) is 106 cm³/mol. The van der Waals surface area contributed by atoms with E-state index in [9.17, 15) is 0 Å². The lowest BCUT2D eigenvalue weighted by atomic mass is 10.0. The Morgan fingerprint density at radius 1 is 0.852 bits per heavy atom. The second-order valence-electron chi connectivity index (χ2n) is 6.16. The lowest BCUT2D eigenvalue weighted by Gasteiger charge is -2.19. The highest BCUT2D eigenvalue weighted by Gasteiger charge is 2.15. The van der Waals surface area contributed by atoms with Crippen LogP contribution in [-0.4, -0.2) is 14.8 Å². The molecule has 0 aliphatic carbocycles. The monoisotopic (exact) mass is 375 g/mol. The maximum absolute atomic E-state index is 6.29. The van der Waals surface area contributed by atoms with Crippen molar-refractivity contribution in [3.8, 4) is 5.69 Å². The van der Waals surface area contributed by atoms with Crippen LogP contribution in [0.1, 0.15) is 22.8 Å². The van der Waals surface area contributed by atoms with Crippen molar-refractivity contribution < 1.29 is 4.74 Å². The van der Waals surface area contributed by atoms with Crippen LogP contribution in [0.3, 0.4) is 0 Å². The fourth-order valence-corrected chi connectivity index (χ4v) is 3.04. The van der Waals surface area contributed by atoms with E-state index in [1.165, 1.54) is 6.33 Å². The summed E-state index contributed by atoms with van der Waals surface area (Å²) < 4.78 is 8.02. The third-order valence-corrected chi connectivity index (χ3v) is 4.56. The summed E-state index contributed by atoms with van der Waals surface area (Å²) in [7, 11) is 0. The Morgan fingerprint density at radius 2 is 1.56 bits per heavy atom. The lowest BCUT2D eigenvalue weighted by molar-refractivity contribution is 0.0667. The van der Waals surface area contributed by atoms with Crippen molar-refractivity contribution in [2.75, 3.05) is 0 Å². The summed E-state index contributed by atoms with van der Waals surface area (Å²) in [4.78, 5) is 3.99. The maximum atomic E-state index is 6.29. The molecule has 0 amide bonds. The largest absolute Gasteiger partial charge is 0.364 e. The number of hydrogen-bond acceptors (Lipinski definition) is 3. The molecule has 134 valence electrons. The smallest absolute Gasteiger partial charge is 0.138 e. The van der Waals surface area contributed by atoms with E-state index in [0.29, 0.717) is 6.61 Å². The highest BCUT2D eigenvalue weighted by atomic mass is 35.5. The van der Waals surface area contributed by atoms with Crippen molar-refractivity contribution in [1.29, 1.82) is 0 Å². The van der Waals surface area contributed by atoms with Crippen LogP contribution >= 0.6 is 11.6 Å². The third kappa shape index (κ3) is 4.25. The molecule has 0 aliphatic rings. The zero-order chi connectivity index (χ0) is 18.5. The van der Waals surface area contributed by atoms with Gasteiger partial charge in [0.15, 0.2) is 0 Å². The van der Waals surface area contributed by atoms with Crippen LogP contribution in [0.2, 0.25) is 5.02 Å². The van der Waals surface area contributed by atoms with Crippen LogP contribution in [-0.2, 0) is 11.3 Å². The molecule has 1 atom stereocenters. The first-order valence-corrected chi connectivity index (χ1v) is 9.03. The van der Waals surface area contributed by atoms with E-state index < -0.39 is 0 Å². The molecular formula is C22H18ClN3O. The summed E-state index contributed by atoms with van der Waals surface area (Å²) in [6.45, 7) is 0.502. The molecule has 27 heavy (non-hydrogen) atoms. The predicted octanol–water partition coefficient (Wildman–Crippen LogP) is 5.23. The second kappa shape index (κ2) is 8.16. The normalized spacial score (nSPS) is 12.0. The van der Waals surface area contributed by atoms with Crippen molar-refractivity contribution in [1.82, 2.24) is 14.8 Å². The molecule has 1 unspecified atom stereocenters. The summed E-state index contributed by atoms with van der Waals surface area (Å²) in [5.41, 5.74) is 4.24. The fourth-order valence-electron chi connectivity index (χ4n) is 2.92. The van der Waals surface area contributed by atoms with E-state index >= 15 is 0 Å². The van der Waals surface area contributed by atoms with E-state index in [0.717, 1.165) is 27.4 Å². The molecule has 0 bridgehead atoms. The number of halogens is 1. The zero-order valence-corrected chi connectivity index (χ0v) is 15.3. The van der Waals surface area contributed by atoms with Gasteiger partial charge >= 0.3 is 0 Å². The maximum Gasteiger partial charge on any atom is 0.138 e. The summed E-state index contributed by atoms with van der Waals surface area (Å²) in [5.74, 6) is 0. The van der Waals surface area contributed by atoms with Gasteiger partial charge in [0.1, 0.15) is 18.8 Å². The van der Waals surface area contributed by atoms with Crippen molar-refractivity contribution in [2.24, 2.45) is 0 Å². The van der Waals surface area contributed by atoms with Crippen molar-refractivity contribution in [3.63, 3.8) is 0 Å². The SMILES string of the molecule is Clc1ccc(COC(c2ccccc2)c2ccc(-n3cncn3)cc2)cc1. The minimum absolute atomic E-state index is 0.160. The summed E-state index contributed by atoms with van der Waals surface area (Å²) >= 11 is 5.97. The molecule has 4 rings (SSSR count). The van der Waals surface area contributed by atoms with Gasteiger partial charge in [-0.05, 0) is 41.0 Å². The molecule has 0 radical (unpaired) electrons. The molecule has 0 fully saturated rings. The molecule has 0 aliphatic heterocycles. The van der Waals surface area contributed by atoms with E-state index in [1.807, 2.05) is 54.6 Å². The van der Waals surface area contributed by atoms with E-state index in [1.54, 1.807) is 11.0 Å². The molecule has 0 saturated heterocycles. The Hall–Kier alpha value is -2.95. The van der Waals surface area contributed by atoms with Gasteiger partial charge in [0, 0.05) is 5.02 Å². The van der Waals surface area contributed by atoms with Gasteiger partial charge in [0.25, 0.3) is 0 Å². The Bertz CT molecular complexity index is 969. The van der Waals surface area contributed by atoms with Gasteiger partial charge in [0.05, 0.1) is 12.3 Å². The number of rotatable bonds is 6. The van der Waals surface area contributed by atoms with Crippen molar-refractivity contribution in [2.45, 2.75) is 12.7 Å². The molecule has 4 nitrogen and oxygen atoms in total. The summed E-state index contributed by atoms with van der Waals surface area (Å²) in [6, 6.07) is 26.1. The Morgan fingerprint density at radius 3 is 2.22 bits per heavy atom. The van der Waals surface area contributed by atoms with Gasteiger partial charge in [-0.1, -0.05) is 66.2 Å². The van der Waals surface area contributed by atoms with E-state index in [-0.39, 0.29) is 6.10 Å². The molecule has 4 aromatic rings. The van der Waals surface area contributed by atoms with Crippen molar-refractivity contribution in [3.05, 3.63) is 113 Å². The summed E-state index contributed by atoms with van der Waals surface area (Å²) in [6.07, 6.45) is 3.04. The Balaban J connectivity index is 1.59. The standard InChI is InChI=1S/C22H18ClN3O/c23-20-10-6-17(7-11-20)14-27-22(18-4-2-1-3-5-18)19-8-12-21(13-9-19)26-16-24-15-25-26/h1-13,15-16,22H,14H2. The molecule has 3 aromatic carbocycles. The number of hydrogen-bond donors (Lipinski definition) is 0. The van der Waals surface area contributed by atoms with Crippen LogP contribution in [0.4, 0.5) is 0 Å². The van der Waals surface area contributed by atoms with Crippen molar-refractivity contribution >= 4 is 11.6 Å². The minimum atomic E-state index is -0.160. The first-order chi connectivity index (χ1) is 13.3. The quantitative estimate of drug-likeness (QED) is 0.463. The van der Waals surface area contributed by atoms with E-state index in [2.05, 4.69) is 34.3 Å². The molecule has 0 N–H and O–H groups in total. The first-order valence-electron chi connectivity index (χ1n) is 8.65. The number of ether oxygens (including phenoxy) is 1. The van der Waals surface area contributed by atoms with E-state index in [4.69, 9.17) is 16.3 Å². The number of aromatic nitrogens is 3. The van der Waals surface area contributed by atoms with Gasteiger partial charge in [-0.3, -0.25) is 0 Å². The van der Waals surface area contributed by atoms with Crippen LogP contribution in [0.25, 0.3) is 5.69 Å². The van der Waals surface area contributed by atoms with Crippen LogP contribution < -0.4 is 0 Å². The molecule has 1 heterocycles. The number of nitrogens with zero attached hydrogens (tertiary/aromatic N) is 3. The molecule has 0 spiro atoms. The second-order valence-corrected chi connectivity index (χ2v) is 6.60. The van der Waals surface area contributed by atoms with Gasteiger partial charge in [-0.15, -0.1) is 0 Å². The Kier molecular flexibility index (Phi) is 5.28. The zero-order valence-electron chi connectivity index (χ0n) is 14.6. The first kappa shape index (κ1) is 17.5. The third-order valence-electron chi connectivity index (χ3n) is 4.31. The van der Waals surface area contributed by atoms with Crippen LogP contribution in [0.5, 0.6) is 0 Å². The van der Waals surface area contributed by atoms with Gasteiger partial charge in [-0.2, -0.15) is 5.10 Å². The van der Waals surface area contributed by atoms with Gasteiger partial charge < -0.3 is 4.74 Å². The average Bonchev–Trinajstić information content (AvgIpc) is 3.26. The summed E-state index contributed by atoms with van der Waals surface area (Å²) in [5, 5.41) is 4.89. The van der Waals surface area contributed by atoms with Gasteiger partial charge in [-0.25, -0.2) is 9.67 Å². The average molecular weight is 376 g/mol. The topological polar surface area (TPSA) is 39.9 Å². The number of benzene rings is 3.